The molecule has 120 valence electrons. The van der Waals surface area contributed by atoms with Crippen molar-refractivity contribution in [3.8, 4) is 0 Å². The van der Waals surface area contributed by atoms with E-state index < -0.39 is 0 Å². The Kier molecular flexibility index (Phi) is 5.45. The first kappa shape index (κ1) is 16.5. The maximum atomic E-state index is 11.9. The van der Waals surface area contributed by atoms with E-state index in [1.165, 1.54) is 18.0 Å². The summed E-state index contributed by atoms with van der Waals surface area (Å²) in [5.74, 6) is 0.255. The van der Waals surface area contributed by atoms with Gasteiger partial charge in [0.2, 0.25) is 0 Å². The van der Waals surface area contributed by atoms with E-state index in [1.54, 1.807) is 30.5 Å². The molecule has 0 aliphatic heterocycles. The lowest BCUT2D eigenvalue weighted by atomic mass is 10.2. The first-order valence-corrected chi connectivity index (χ1v) is 8.59. The molecule has 1 N–H and O–H groups in total. The van der Waals surface area contributed by atoms with Gasteiger partial charge in [-0.1, -0.05) is 28.1 Å². The largest absolute Gasteiger partial charge is 0.448 e. The number of pyridine rings is 1. The molecule has 3 rings (SSSR count). The number of nitrogens with one attached hydrogen (secondary N) is 1. The van der Waals surface area contributed by atoms with E-state index in [4.69, 9.17) is 4.42 Å². The van der Waals surface area contributed by atoms with Gasteiger partial charge in [0.15, 0.2) is 5.09 Å². The van der Waals surface area contributed by atoms with Crippen molar-refractivity contribution in [3.05, 3.63) is 76.6 Å². The maximum Gasteiger partial charge on any atom is 0.271 e. The van der Waals surface area contributed by atoms with Crippen LogP contribution in [-0.4, -0.2) is 17.1 Å². The van der Waals surface area contributed by atoms with Crippen LogP contribution in [0.1, 0.15) is 16.1 Å². The Morgan fingerprint density at radius 3 is 2.92 bits per heavy atom. The van der Waals surface area contributed by atoms with Gasteiger partial charge in [0, 0.05) is 16.2 Å². The highest BCUT2D eigenvalue weighted by atomic mass is 79.9. The van der Waals surface area contributed by atoms with E-state index in [-0.39, 0.29) is 5.91 Å². The number of benzene rings is 1. The summed E-state index contributed by atoms with van der Waals surface area (Å²) in [6, 6.07) is 16.4. The van der Waals surface area contributed by atoms with Crippen LogP contribution in [-0.2, 0) is 0 Å². The molecule has 2 aromatic heterocycles. The monoisotopic (exact) mass is 401 g/mol. The van der Waals surface area contributed by atoms with Crippen LogP contribution in [0.15, 0.2) is 84.9 Å². The Hall–Kier alpha value is -2.38. The molecule has 0 saturated heterocycles. The third-order valence-electron chi connectivity index (χ3n) is 2.89. The average Bonchev–Trinajstić information content (AvgIpc) is 3.03. The van der Waals surface area contributed by atoms with Crippen LogP contribution >= 0.6 is 27.7 Å². The number of hydrazone groups is 1. The van der Waals surface area contributed by atoms with Crippen molar-refractivity contribution < 1.29 is 9.21 Å². The lowest BCUT2D eigenvalue weighted by Gasteiger charge is -1.99. The standard InChI is InChI=1S/C17H12BrN3O2S/c18-13-5-3-4-12(10-13)17(22)21-20-11-14-7-8-16(23-14)24-15-6-1-2-9-19-15/h1-11H,(H,21,22). The predicted molar refractivity (Wildman–Crippen MR) is 96.3 cm³/mol. The van der Waals surface area contributed by atoms with Gasteiger partial charge in [-0.3, -0.25) is 4.79 Å². The number of rotatable bonds is 5. The summed E-state index contributed by atoms with van der Waals surface area (Å²) in [7, 11) is 0. The molecule has 0 spiro atoms. The second-order valence-corrected chi connectivity index (χ2v) is 6.58. The van der Waals surface area contributed by atoms with E-state index in [0.717, 1.165) is 9.50 Å². The molecule has 0 radical (unpaired) electrons. The Morgan fingerprint density at radius 1 is 1.21 bits per heavy atom. The van der Waals surface area contributed by atoms with Gasteiger partial charge < -0.3 is 4.42 Å². The molecule has 5 nitrogen and oxygen atoms in total. The van der Waals surface area contributed by atoms with E-state index in [9.17, 15) is 4.79 Å². The summed E-state index contributed by atoms with van der Waals surface area (Å²) < 4.78 is 6.44. The predicted octanol–water partition coefficient (Wildman–Crippen LogP) is 4.35. The number of carbonyl (C=O) groups is 1. The minimum Gasteiger partial charge on any atom is -0.448 e. The van der Waals surface area contributed by atoms with E-state index in [2.05, 4.69) is 31.4 Å². The second kappa shape index (κ2) is 7.94. The second-order valence-electron chi connectivity index (χ2n) is 4.64. The van der Waals surface area contributed by atoms with Crippen LogP contribution in [0.4, 0.5) is 0 Å². The SMILES string of the molecule is O=C(NN=Cc1ccc(Sc2ccccn2)o1)c1cccc(Br)c1. The van der Waals surface area contributed by atoms with Crippen molar-refractivity contribution in [2.24, 2.45) is 5.10 Å². The van der Waals surface area contributed by atoms with Gasteiger partial charge in [-0.15, -0.1) is 0 Å². The molecule has 1 aromatic carbocycles. The van der Waals surface area contributed by atoms with Gasteiger partial charge in [-0.25, -0.2) is 10.4 Å². The van der Waals surface area contributed by atoms with E-state index in [1.807, 2.05) is 30.3 Å². The van der Waals surface area contributed by atoms with E-state index >= 15 is 0 Å². The van der Waals surface area contributed by atoms with Crippen LogP contribution in [0.2, 0.25) is 0 Å². The van der Waals surface area contributed by atoms with Crippen molar-refractivity contribution in [2.45, 2.75) is 10.1 Å². The Morgan fingerprint density at radius 2 is 2.12 bits per heavy atom. The normalized spacial score (nSPS) is 10.9. The maximum absolute atomic E-state index is 11.9. The lowest BCUT2D eigenvalue weighted by Crippen LogP contribution is -2.17. The van der Waals surface area contributed by atoms with Crippen LogP contribution in [0, 0.1) is 0 Å². The molecule has 0 atom stereocenters. The van der Waals surface area contributed by atoms with Gasteiger partial charge in [-0.05, 0) is 54.2 Å². The summed E-state index contributed by atoms with van der Waals surface area (Å²) in [5.41, 5.74) is 2.98. The zero-order valence-corrected chi connectivity index (χ0v) is 14.8. The Balaban J connectivity index is 1.58. The van der Waals surface area contributed by atoms with Crippen LogP contribution in [0.3, 0.4) is 0 Å². The summed E-state index contributed by atoms with van der Waals surface area (Å²) >= 11 is 4.74. The molecule has 0 unspecified atom stereocenters. The minimum atomic E-state index is -0.290. The molecular weight excluding hydrogens is 390 g/mol. The smallest absolute Gasteiger partial charge is 0.271 e. The zero-order valence-electron chi connectivity index (χ0n) is 12.3. The molecule has 7 heteroatoms. The van der Waals surface area contributed by atoms with Gasteiger partial charge in [0.05, 0.1) is 6.21 Å². The number of carbonyl (C=O) groups excluding carboxylic acids is 1. The molecule has 0 fully saturated rings. The van der Waals surface area contributed by atoms with Gasteiger partial charge in [0.1, 0.15) is 10.8 Å². The molecule has 2 heterocycles. The molecule has 0 bridgehead atoms. The lowest BCUT2D eigenvalue weighted by molar-refractivity contribution is 0.0955. The number of hydrogen-bond donors (Lipinski definition) is 1. The van der Waals surface area contributed by atoms with Crippen molar-refractivity contribution in [1.82, 2.24) is 10.4 Å². The van der Waals surface area contributed by atoms with Crippen molar-refractivity contribution in [1.29, 1.82) is 0 Å². The summed E-state index contributed by atoms with van der Waals surface area (Å²) in [6.45, 7) is 0. The highest BCUT2D eigenvalue weighted by Crippen LogP contribution is 2.26. The number of furan rings is 1. The average molecular weight is 402 g/mol. The topological polar surface area (TPSA) is 67.5 Å². The Labute approximate surface area is 151 Å². The Bertz CT molecular complexity index is 865. The van der Waals surface area contributed by atoms with Crippen LogP contribution < -0.4 is 5.43 Å². The first-order chi connectivity index (χ1) is 11.7. The number of aromatic nitrogens is 1. The first-order valence-electron chi connectivity index (χ1n) is 6.98. The molecule has 3 aromatic rings. The molecule has 0 saturated carbocycles. The number of hydrogen-bond acceptors (Lipinski definition) is 5. The highest BCUT2D eigenvalue weighted by molar-refractivity contribution is 9.10. The summed E-state index contributed by atoms with van der Waals surface area (Å²) in [6.07, 6.45) is 3.18. The minimum absolute atomic E-state index is 0.290. The molecule has 0 aliphatic carbocycles. The van der Waals surface area contributed by atoms with Crippen LogP contribution in [0.25, 0.3) is 0 Å². The van der Waals surface area contributed by atoms with Gasteiger partial charge >= 0.3 is 0 Å². The fourth-order valence-electron chi connectivity index (χ4n) is 1.82. The zero-order chi connectivity index (χ0) is 16.8. The van der Waals surface area contributed by atoms with Crippen LogP contribution in [0.5, 0.6) is 0 Å². The number of amides is 1. The third kappa shape index (κ3) is 4.56. The van der Waals surface area contributed by atoms with E-state index in [0.29, 0.717) is 16.4 Å². The number of nitrogens with zero attached hydrogens (tertiary/aromatic N) is 2. The molecule has 24 heavy (non-hydrogen) atoms. The summed E-state index contributed by atoms with van der Waals surface area (Å²) in [5, 5.41) is 5.46. The quantitative estimate of drug-likeness (QED) is 0.509. The van der Waals surface area contributed by atoms with Gasteiger partial charge in [-0.2, -0.15) is 5.10 Å². The highest BCUT2D eigenvalue weighted by Gasteiger charge is 2.05. The fraction of sp³-hybridized carbons (Fsp3) is 0. The van der Waals surface area contributed by atoms with Crippen molar-refractivity contribution >= 4 is 39.8 Å². The third-order valence-corrected chi connectivity index (χ3v) is 4.25. The summed E-state index contributed by atoms with van der Waals surface area (Å²) in [4.78, 5) is 16.2. The molecular formula is C17H12BrN3O2S. The van der Waals surface area contributed by atoms with Crippen molar-refractivity contribution in [3.63, 3.8) is 0 Å². The molecule has 1 amide bonds. The number of halogens is 1. The van der Waals surface area contributed by atoms with Gasteiger partial charge in [0.25, 0.3) is 5.91 Å². The molecule has 0 aliphatic rings. The fourth-order valence-corrected chi connectivity index (χ4v) is 2.96. The van der Waals surface area contributed by atoms with Crippen molar-refractivity contribution in [2.75, 3.05) is 0 Å².